The van der Waals surface area contributed by atoms with E-state index in [1.807, 2.05) is 66.7 Å². The van der Waals surface area contributed by atoms with Gasteiger partial charge in [-0.3, -0.25) is 9.59 Å². The fraction of sp³-hybridized carbons (Fsp3) is 0.0400. The summed E-state index contributed by atoms with van der Waals surface area (Å²) in [6.07, 6.45) is 3.58. The zero-order chi connectivity index (χ0) is 20.9. The Morgan fingerprint density at radius 1 is 0.967 bits per heavy atom. The van der Waals surface area contributed by atoms with Crippen molar-refractivity contribution < 1.29 is 19.1 Å². The molecule has 3 aromatic carbocycles. The van der Waals surface area contributed by atoms with Gasteiger partial charge in [0.15, 0.2) is 5.43 Å². The lowest BCUT2D eigenvalue weighted by molar-refractivity contribution is -0.133. The number of aromatic hydroxyl groups is 1. The molecule has 5 heteroatoms. The third-order valence-corrected chi connectivity index (χ3v) is 4.47. The molecule has 148 valence electrons. The SMILES string of the molecule is O=C(C/C=C/c1ccccc1)Oc1cc(O)c2c(=O)cc(-c3ccccc3)oc2c1. The molecular formula is C25H18O5. The molecule has 0 bridgehead atoms. The molecule has 4 rings (SSSR count). The Balaban J connectivity index is 1.58. The summed E-state index contributed by atoms with van der Waals surface area (Å²) >= 11 is 0. The van der Waals surface area contributed by atoms with Crippen molar-refractivity contribution in [2.45, 2.75) is 6.42 Å². The van der Waals surface area contributed by atoms with Gasteiger partial charge < -0.3 is 14.3 Å². The molecule has 0 aliphatic heterocycles. The molecule has 0 aliphatic rings. The van der Waals surface area contributed by atoms with Crippen molar-refractivity contribution in [3.63, 3.8) is 0 Å². The van der Waals surface area contributed by atoms with Gasteiger partial charge in [0, 0.05) is 23.8 Å². The number of phenols is 1. The average Bonchev–Trinajstić information content (AvgIpc) is 2.74. The Kier molecular flexibility index (Phi) is 5.44. The number of esters is 1. The van der Waals surface area contributed by atoms with Crippen LogP contribution < -0.4 is 10.2 Å². The maximum absolute atomic E-state index is 12.5. The molecule has 1 aromatic heterocycles. The van der Waals surface area contributed by atoms with Crippen LogP contribution in [0.5, 0.6) is 11.5 Å². The molecule has 0 saturated heterocycles. The van der Waals surface area contributed by atoms with Gasteiger partial charge in [-0.1, -0.05) is 72.8 Å². The molecule has 0 radical (unpaired) electrons. The van der Waals surface area contributed by atoms with Crippen molar-refractivity contribution in [3.05, 3.63) is 101 Å². The average molecular weight is 398 g/mol. The molecule has 0 unspecified atom stereocenters. The number of phenolic OH excluding ortho intramolecular Hbond substituents is 1. The zero-order valence-corrected chi connectivity index (χ0v) is 15.9. The maximum atomic E-state index is 12.5. The predicted molar refractivity (Wildman–Crippen MR) is 115 cm³/mol. The molecule has 5 nitrogen and oxygen atoms in total. The van der Waals surface area contributed by atoms with Crippen LogP contribution in [0.1, 0.15) is 12.0 Å². The van der Waals surface area contributed by atoms with Crippen molar-refractivity contribution in [1.82, 2.24) is 0 Å². The third kappa shape index (κ3) is 4.31. The molecule has 0 spiro atoms. The van der Waals surface area contributed by atoms with Crippen LogP contribution in [0.25, 0.3) is 28.4 Å². The van der Waals surface area contributed by atoms with Gasteiger partial charge in [0.1, 0.15) is 28.2 Å². The highest BCUT2D eigenvalue weighted by Gasteiger charge is 2.14. The van der Waals surface area contributed by atoms with Crippen LogP contribution in [0, 0.1) is 0 Å². The smallest absolute Gasteiger partial charge is 0.315 e. The monoisotopic (exact) mass is 398 g/mol. The van der Waals surface area contributed by atoms with Crippen LogP contribution in [0.3, 0.4) is 0 Å². The van der Waals surface area contributed by atoms with Crippen molar-refractivity contribution in [2.75, 3.05) is 0 Å². The summed E-state index contributed by atoms with van der Waals surface area (Å²) in [5.74, 6) is -0.334. The van der Waals surface area contributed by atoms with E-state index in [2.05, 4.69) is 0 Å². The fourth-order valence-corrected chi connectivity index (χ4v) is 3.08. The van der Waals surface area contributed by atoms with Crippen molar-refractivity contribution in [1.29, 1.82) is 0 Å². The first kappa shape index (κ1) is 19.2. The first-order valence-corrected chi connectivity index (χ1v) is 9.39. The van der Waals surface area contributed by atoms with Crippen molar-refractivity contribution in [2.24, 2.45) is 0 Å². The molecule has 0 atom stereocenters. The van der Waals surface area contributed by atoms with E-state index in [1.165, 1.54) is 18.2 Å². The summed E-state index contributed by atoms with van der Waals surface area (Å²) in [4.78, 5) is 24.6. The third-order valence-electron chi connectivity index (χ3n) is 4.47. The number of carbonyl (C=O) groups excluding carboxylic acids is 1. The van der Waals surface area contributed by atoms with Gasteiger partial charge in [0.05, 0.1) is 6.42 Å². The summed E-state index contributed by atoms with van der Waals surface area (Å²) in [5, 5.41) is 10.3. The largest absolute Gasteiger partial charge is 0.507 e. The Morgan fingerprint density at radius 3 is 2.40 bits per heavy atom. The van der Waals surface area contributed by atoms with Gasteiger partial charge in [-0.05, 0) is 5.56 Å². The van der Waals surface area contributed by atoms with Gasteiger partial charge in [-0.15, -0.1) is 0 Å². The first-order valence-electron chi connectivity index (χ1n) is 9.39. The van der Waals surface area contributed by atoms with Crippen LogP contribution in [0.4, 0.5) is 0 Å². The lowest BCUT2D eigenvalue weighted by Crippen LogP contribution is -2.07. The summed E-state index contributed by atoms with van der Waals surface area (Å²) in [6.45, 7) is 0. The number of benzene rings is 3. The fourth-order valence-electron chi connectivity index (χ4n) is 3.08. The quantitative estimate of drug-likeness (QED) is 0.370. The van der Waals surface area contributed by atoms with E-state index in [-0.39, 0.29) is 34.3 Å². The number of carbonyl (C=O) groups is 1. The Morgan fingerprint density at radius 2 is 1.67 bits per heavy atom. The predicted octanol–water partition coefficient (Wildman–Crippen LogP) is 5.17. The summed E-state index contributed by atoms with van der Waals surface area (Å²) in [5.41, 5.74) is 1.47. The second-order valence-electron chi connectivity index (χ2n) is 6.65. The van der Waals surface area contributed by atoms with E-state index < -0.39 is 5.97 Å². The molecule has 30 heavy (non-hydrogen) atoms. The Hall–Kier alpha value is -4.12. The van der Waals surface area contributed by atoms with Crippen molar-refractivity contribution >= 4 is 23.0 Å². The molecule has 4 aromatic rings. The summed E-state index contributed by atoms with van der Waals surface area (Å²) < 4.78 is 11.1. The number of rotatable bonds is 5. The van der Waals surface area contributed by atoms with E-state index in [1.54, 1.807) is 6.08 Å². The van der Waals surface area contributed by atoms with Crippen LogP contribution in [0.2, 0.25) is 0 Å². The van der Waals surface area contributed by atoms with E-state index in [0.717, 1.165) is 11.1 Å². The second-order valence-corrected chi connectivity index (χ2v) is 6.65. The Labute approximate surface area is 172 Å². The molecule has 0 amide bonds. The molecule has 1 heterocycles. The number of hydrogen-bond acceptors (Lipinski definition) is 5. The number of fused-ring (bicyclic) bond motifs is 1. The number of ether oxygens (including phenoxy) is 1. The van der Waals surface area contributed by atoms with Crippen LogP contribution in [-0.2, 0) is 4.79 Å². The molecule has 1 N–H and O–H groups in total. The van der Waals surface area contributed by atoms with Crippen LogP contribution in [-0.4, -0.2) is 11.1 Å². The lowest BCUT2D eigenvalue weighted by atomic mass is 10.1. The van der Waals surface area contributed by atoms with Crippen LogP contribution >= 0.6 is 0 Å². The van der Waals surface area contributed by atoms with Gasteiger partial charge in [0.25, 0.3) is 0 Å². The van der Waals surface area contributed by atoms with Gasteiger partial charge in [-0.25, -0.2) is 0 Å². The van der Waals surface area contributed by atoms with E-state index >= 15 is 0 Å². The van der Waals surface area contributed by atoms with Gasteiger partial charge in [0.2, 0.25) is 0 Å². The van der Waals surface area contributed by atoms with Gasteiger partial charge >= 0.3 is 5.97 Å². The highest BCUT2D eigenvalue weighted by atomic mass is 16.5. The van der Waals surface area contributed by atoms with Gasteiger partial charge in [-0.2, -0.15) is 0 Å². The minimum absolute atomic E-state index is 0.0402. The van der Waals surface area contributed by atoms with E-state index in [9.17, 15) is 14.7 Å². The first-order chi connectivity index (χ1) is 14.6. The Bertz CT molecular complexity index is 1270. The van der Waals surface area contributed by atoms with E-state index in [0.29, 0.717) is 5.76 Å². The van der Waals surface area contributed by atoms with Crippen molar-refractivity contribution in [3.8, 4) is 22.8 Å². The molecular weight excluding hydrogens is 380 g/mol. The topological polar surface area (TPSA) is 76.7 Å². The zero-order valence-electron chi connectivity index (χ0n) is 15.9. The maximum Gasteiger partial charge on any atom is 0.315 e. The molecule has 0 aliphatic carbocycles. The molecule has 0 fully saturated rings. The second kappa shape index (κ2) is 8.49. The summed E-state index contributed by atoms with van der Waals surface area (Å²) in [6, 6.07) is 22.7. The lowest BCUT2D eigenvalue weighted by Gasteiger charge is -2.08. The highest BCUT2D eigenvalue weighted by molar-refractivity contribution is 5.87. The normalized spacial score (nSPS) is 11.1. The van der Waals surface area contributed by atoms with Crippen LogP contribution in [0.15, 0.2) is 94.2 Å². The molecule has 0 saturated carbocycles. The standard InChI is InChI=1S/C25H18O5/c26-20-14-19(29-24(28)13-7-10-17-8-3-1-4-9-17)15-23-25(20)21(27)16-22(30-23)18-11-5-2-6-12-18/h1-12,14-16,26H,13H2/b10-7+. The number of hydrogen-bond donors (Lipinski definition) is 1. The summed E-state index contributed by atoms with van der Waals surface area (Å²) in [7, 11) is 0. The minimum Gasteiger partial charge on any atom is -0.507 e. The minimum atomic E-state index is -0.498. The van der Waals surface area contributed by atoms with E-state index in [4.69, 9.17) is 9.15 Å². The highest BCUT2D eigenvalue weighted by Crippen LogP contribution is 2.31.